The molecule has 2 aromatic heterocycles. The molecule has 4 nitrogen and oxygen atoms in total. The highest BCUT2D eigenvalue weighted by Gasteiger charge is 2.06. The van der Waals surface area contributed by atoms with Crippen molar-refractivity contribution >= 4 is 5.82 Å². The SMILES string of the molecule is CCCNc1cc(C)nc(-c2ccco2)n1. The van der Waals surface area contributed by atoms with E-state index < -0.39 is 0 Å². The van der Waals surface area contributed by atoms with Crippen LogP contribution in [0.5, 0.6) is 0 Å². The molecule has 0 aliphatic rings. The molecule has 0 radical (unpaired) electrons. The lowest BCUT2D eigenvalue weighted by Gasteiger charge is -2.06. The minimum Gasteiger partial charge on any atom is -0.461 e. The summed E-state index contributed by atoms with van der Waals surface area (Å²) in [4.78, 5) is 8.74. The molecule has 0 fully saturated rings. The molecule has 16 heavy (non-hydrogen) atoms. The predicted octanol–water partition coefficient (Wildman–Crippen LogP) is 2.87. The summed E-state index contributed by atoms with van der Waals surface area (Å²) in [5.74, 6) is 2.17. The van der Waals surface area contributed by atoms with Crippen LogP contribution in [0.25, 0.3) is 11.6 Å². The summed E-state index contributed by atoms with van der Waals surface area (Å²) in [6, 6.07) is 5.63. The van der Waals surface area contributed by atoms with E-state index >= 15 is 0 Å². The molecule has 2 rings (SSSR count). The van der Waals surface area contributed by atoms with Crippen LogP contribution in [0.15, 0.2) is 28.9 Å². The van der Waals surface area contributed by atoms with E-state index in [0.717, 1.165) is 24.5 Å². The van der Waals surface area contributed by atoms with Gasteiger partial charge >= 0.3 is 0 Å². The van der Waals surface area contributed by atoms with Gasteiger partial charge in [0.05, 0.1) is 6.26 Å². The standard InChI is InChI=1S/C12H15N3O/c1-3-6-13-11-8-9(2)14-12(15-11)10-5-4-7-16-10/h4-5,7-8H,3,6H2,1-2H3,(H,13,14,15). The second-order valence-electron chi connectivity index (χ2n) is 3.62. The van der Waals surface area contributed by atoms with E-state index in [9.17, 15) is 0 Å². The number of nitrogens with zero attached hydrogens (tertiary/aromatic N) is 2. The zero-order valence-corrected chi connectivity index (χ0v) is 9.53. The first-order valence-corrected chi connectivity index (χ1v) is 5.43. The van der Waals surface area contributed by atoms with Crippen molar-refractivity contribution in [1.29, 1.82) is 0 Å². The Kier molecular flexibility index (Phi) is 3.19. The highest BCUT2D eigenvalue weighted by Crippen LogP contribution is 2.17. The molecule has 0 saturated heterocycles. The second-order valence-corrected chi connectivity index (χ2v) is 3.62. The molecule has 0 amide bonds. The summed E-state index contributed by atoms with van der Waals surface area (Å²) in [5.41, 5.74) is 0.931. The summed E-state index contributed by atoms with van der Waals surface area (Å²) in [7, 11) is 0. The van der Waals surface area contributed by atoms with Crippen LogP contribution in [0.4, 0.5) is 5.82 Å². The van der Waals surface area contributed by atoms with E-state index in [1.807, 2.05) is 25.1 Å². The van der Waals surface area contributed by atoms with Crippen molar-refractivity contribution in [1.82, 2.24) is 9.97 Å². The summed E-state index contributed by atoms with van der Waals surface area (Å²) < 4.78 is 5.28. The topological polar surface area (TPSA) is 51.0 Å². The number of hydrogen-bond acceptors (Lipinski definition) is 4. The van der Waals surface area contributed by atoms with Crippen LogP contribution in [-0.2, 0) is 0 Å². The molecule has 0 atom stereocenters. The third kappa shape index (κ3) is 2.39. The first-order valence-electron chi connectivity index (χ1n) is 5.43. The number of nitrogens with one attached hydrogen (secondary N) is 1. The first-order chi connectivity index (χ1) is 7.79. The Morgan fingerprint density at radius 2 is 2.25 bits per heavy atom. The lowest BCUT2D eigenvalue weighted by atomic mass is 10.3. The Hall–Kier alpha value is -1.84. The maximum atomic E-state index is 5.28. The fourth-order valence-corrected chi connectivity index (χ4v) is 1.43. The van der Waals surface area contributed by atoms with Crippen LogP contribution in [0.3, 0.4) is 0 Å². The van der Waals surface area contributed by atoms with Crippen molar-refractivity contribution in [3.63, 3.8) is 0 Å². The van der Waals surface area contributed by atoms with Crippen molar-refractivity contribution in [3.8, 4) is 11.6 Å². The fourth-order valence-electron chi connectivity index (χ4n) is 1.43. The van der Waals surface area contributed by atoms with E-state index in [1.54, 1.807) is 6.26 Å². The molecule has 2 heterocycles. The quantitative estimate of drug-likeness (QED) is 0.855. The van der Waals surface area contributed by atoms with Crippen LogP contribution < -0.4 is 5.32 Å². The van der Waals surface area contributed by atoms with Gasteiger partial charge in [-0.3, -0.25) is 0 Å². The number of anilines is 1. The fraction of sp³-hybridized carbons (Fsp3) is 0.333. The van der Waals surface area contributed by atoms with Crippen LogP contribution in [0, 0.1) is 6.92 Å². The molecule has 0 saturated carbocycles. The minimum atomic E-state index is 0.628. The van der Waals surface area contributed by atoms with Gasteiger partial charge < -0.3 is 9.73 Å². The van der Waals surface area contributed by atoms with Crippen molar-refractivity contribution in [3.05, 3.63) is 30.2 Å². The van der Waals surface area contributed by atoms with E-state index in [4.69, 9.17) is 4.42 Å². The molecule has 2 aromatic rings. The summed E-state index contributed by atoms with van der Waals surface area (Å²) >= 11 is 0. The molecule has 84 valence electrons. The second kappa shape index (κ2) is 4.79. The van der Waals surface area contributed by atoms with E-state index in [-0.39, 0.29) is 0 Å². The summed E-state index contributed by atoms with van der Waals surface area (Å²) in [6.45, 7) is 4.98. The third-order valence-electron chi connectivity index (χ3n) is 2.15. The number of furan rings is 1. The van der Waals surface area contributed by atoms with Crippen molar-refractivity contribution in [2.75, 3.05) is 11.9 Å². The number of aromatic nitrogens is 2. The maximum Gasteiger partial charge on any atom is 0.197 e. The van der Waals surface area contributed by atoms with E-state index in [1.165, 1.54) is 0 Å². The number of aryl methyl sites for hydroxylation is 1. The Morgan fingerprint density at radius 3 is 2.94 bits per heavy atom. The molecule has 0 aliphatic heterocycles. The van der Waals surface area contributed by atoms with Gasteiger partial charge in [0.15, 0.2) is 11.6 Å². The van der Waals surface area contributed by atoms with Crippen LogP contribution >= 0.6 is 0 Å². The van der Waals surface area contributed by atoms with Gasteiger partial charge in [-0.2, -0.15) is 0 Å². The lowest BCUT2D eigenvalue weighted by Crippen LogP contribution is -2.04. The molecule has 0 aromatic carbocycles. The van der Waals surface area contributed by atoms with Gasteiger partial charge in [0.1, 0.15) is 5.82 Å². The van der Waals surface area contributed by atoms with Gasteiger partial charge in [0.2, 0.25) is 0 Å². The molecule has 0 unspecified atom stereocenters. The average molecular weight is 217 g/mol. The molecule has 0 bridgehead atoms. The smallest absolute Gasteiger partial charge is 0.197 e. The highest BCUT2D eigenvalue weighted by atomic mass is 16.3. The molecule has 4 heteroatoms. The molecule has 0 spiro atoms. The Labute approximate surface area is 94.7 Å². The van der Waals surface area contributed by atoms with Crippen LogP contribution in [0.2, 0.25) is 0 Å². The molecule has 1 N–H and O–H groups in total. The average Bonchev–Trinajstić information content (AvgIpc) is 2.79. The molecule has 0 aliphatic carbocycles. The lowest BCUT2D eigenvalue weighted by molar-refractivity contribution is 0.577. The normalized spacial score (nSPS) is 10.4. The molecular weight excluding hydrogens is 202 g/mol. The van der Waals surface area contributed by atoms with Gasteiger partial charge in [-0.05, 0) is 25.5 Å². The summed E-state index contributed by atoms with van der Waals surface area (Å²) in [6.07, 6.45) is 2.69. The van der Waals surface area contributed by atoms with Crippen LogP contribution in [0.1, 0.15) is 19.0 Å². The zero-order valence-electron chi connectivity index (χ0n) is 9.53. The zero-order chi connectivity index (χ0) is 11.4. The minimum absolute atomic E-state index is 0.628. The third-order valence-corrected chi connectivity index (χ3v) is 2.15. The van der Waals surface area contributed by atoms with Crippen LogP contribution in [-0.4, -0.2) is 16.5 Å². The van der Waals surface area contributed by atoms with Crippen molar-refractivity contribution in [2.45, 2.75) is 20.3 Å². The van der Waals surface area contributed by atoms with Crippen molar-refractivity contribution < 1.29 is 4.42 Å². The Morgan fingerprint density at radius 1 is 1.38 bits per heavy atom. The number of rotatable bonds is 4. The van der Waals surface area contributed by atoms with Gasteiger partial charge in [-0.1, -0.05) is 6.92 Å². The van der Waals surface area contributed by atoms with E-state index in [2.05, 4.69) is 22.2 Å². The highest BCUT2D eigenvalue weighted by molar-refractivity contribution is 5.51. The Bertz CT molecular complexity index is 451. The van der Waals surface area contributed by atoms with Gasteiger partial charge in [0, 0.05) is 18.3 Å². The van der Waals surface area contributed by atoms with Gasteiger partial charge in [0.25, 0.3) is 0 Å². The first kappa shape index (κ1) is 10.7. The van der Waals surface area contributed by atoms with E-state index in [0.29, 0.717) is 11.6 Å². The van der Waals surface area contributed by atoms with Gasteiger partial charge in [-0.25, -0.2) is 9.97 Å². The maximum absolute atomic E-state index is 5.28. The van der Waals surface area contributed by atoms with Gasteiger partial charge in [-0.15, -0.1) is 0 Å². The largest absolute Gasteiger partial charge is 0.461 e. The Balaban J connectivity index is 2.29. The molecular formula is C12H15N3O. The summed E-state index contributed by atoms with van der Waals surface area (Å²) in [5, 5.41) is 3.24. The number of hydrogen-bond donors (Lipinski definition) is 1. The van der Waals surface area contributed by atoms with Crippen molar-refractivity contribution in [2.24, 2.45) is 0 Å². The predicted molar refractivity (Wildman–Crippen MR) is 63.3 cm³/mol. The monoisotopic (exact) mass is 217 g/mol.